The van der Waals surface area contributed by atoms with Gasteiger partial charge in [0.05, 0.1) is 12.6 Å². The number of methoxy groups -OCH3 is 1. The summed E-state index contributed by atoms with van der Waals surface area (Å²) in [7, 11) is 1.35. The second-order valence-corrected chi connectivity index (χ2v) is 4.07. The zero-order chi connectivity index (χ0) is 13.0. The van der Waals surface area contributed by atoms with Crippen LogP contribution >= 0.6 is 0 Å². The molecule has 0 aliphatic rings. The van der Waals surface area contributed by atoms with Gasteiger partial charge in [-0.1, -0.05) is 18.2 Å². The van der Waals surface area contributed by atoms with Crippen molar-refractivity contribution < 1.29 is 14.3 Å². The summed E-state index contributed by atoms with van der Waals surface area (Å²) in [4.78, 5) is 23.0. The van der Waals surface area contributed by atoms with Gasteiger partial charge in [-0.15, -0.1) is 0 Å². The van der Waals surface area contributed by atoms with E-state index in [1.54, 1.807) is 10.8 Å². The highest BCUT2D eigenvalue weighted by Gasteiger charge is 2.09. The molecular formula is C14H15NO3. The van der Waals surface area contributed by atoms with E-state index < -0.39 is 0 Å². The van der Waals surface area contributed by atoms with Crippen LogP contribution in [0.15, 0.2) is 36.5 Å². The summed E-state index contributed by atoms with van der Waals surface area (Å²) in [6, 6.07) is 9.63. The molecule has 0 aliphatic carbocycles. The molecule has 0 fully saturated rings. The van der Waals surface area contributed by atoms with Crippen molar-refractivity contribution in [3.05, 3.63) is 36.5 Å². The maximum absolute atomic E-state index is 12.0. The summed E-state index contributed by atoms with van der Waals surface area (Å²) >= 11 is 0. The van der Waals surface area contributed by atoms with Gasteiger partial charge in [-0.05, 0) is 18.6 Å². The Morgan fingerprint density at radius 2 is 1.94 bits per heavy atom. The van der Waals surface area contributed by atoms with Crippen LogP contribution in [-0.4, -0.2) is 23.6 Å². The van der Waals surface area contributed by atoms with Gasteiger partial charge in [0.15, 0.2) is 0 Å². The molecule has 0 radical (unpaired) electrons. The van der Waals surface area contributed by atoms with Crippen molar-refractivity contribution in [3.8, 4) is 0 Å². The van der Waals surface area contributed by atoms with Crippen LogP contribution in [0, 0.1) is 0 Å². The van der Waals surface area contributed by atoms with Crippen molar-refractivity contribution in [2.45, 2.75) is 19.3 Å². The first-order chi connectivity index (χ1) is 8.72. The Hall–Kier alpha value is -2.10. The van der Waals surface area contributed by atoms with E-state index >= 15 is 0 Å². The van der Waals surface area contributed by atoms with E-state index in [0.717, 1.165) is 10.9 Å². The number of carbonyl (C=O) groups is 2. The first kappa shape index (κ1) is 12.4. The molecule has 0 N–H and O–H groups in total. The van der Waals surface area contributed by atoms with Gasteiger partial charge in [0, 0.05) is 24.4 Å². The first-order valence-corrected chi connectivity index (χ1v) is 5.88. The van der Waals surface area contributed by atoms with Crippen molar-refractivity contribution >= 4 is 22.8 Å². The Kier molecular flexibility index (Phi) is 3.77. The standard InChI is InChI=1S/C14H15NO3/c1-18-14(17)8-4-7-13(16)15-10-9-11-5-2-3-6-12(11)15/h2-3,5-6,9-10H,4,7-8H2,1H3. The maximum atomic E-state index is 12.0. The molecule has 0 amide bonds. The third-order valence-electron chi connectivity index (χ3n) is 2.87. The van der Waals surface area contributed by atoms with E-state index in [1.807, 2.05) is 30.3 Å². The summed E-state index contributed by atoms with van der Waals surface area (Å²) < 4.78 is 6.17. The van der Waals surface area contributed by atoms with Crippen LogP contribution in [-0.2, 0) is 9.53 Å². The average Bonchev–Trinajstić information content (AvgIpc) is 2.82. The van der Waals surface area contributed by atoms with E-state index in [0.29, 0.717) is 12.8 Å². The highest BCUT2D eigenvalue weighted by Crippen LogP contribution is 2.16. The Bertz CT molecular complexity index is 571. The molecule has 1 heterocycles. The molecule has 0 bridgehead atoms. The second-order valence-electron chi connectivity index (χ2n) is 4.07. The van der Waals surface area contributed by atoms with E-state index in [1.165, 1.54) is 7.11 Å². The van der Waals surface area contributed by atoms with E-state index in [4.69, 9.17) is 0 Å². The molecule has 0 unspecified atom stereocenters. The summed E-state index contributed by atoms with van der Waals surface area (Å²) in [5.41, 5.74) is 0.903. The highest BCUT2D eigenvalue weighted by atomic mass is 16.5. The third kappa shape index (κ3) is 2.59. The molecule has 1 aromatic carbocycles. The third-order valence-corrected chi connectivity index (χ3v) is 2.87. The van der Waals surface area contributed by atoms with Gasteiger partial charge in [-0.25, -0.2) is 0 Å². The van der Waals surface area contributed by atoms with Crippen LogP contribution in [0.1, 0.15) is 24.1 Å². The second kappa shape index (κ2) is 5.49. The molecule has 4 heteroatoms. The topological polar surface area (TPSA) is 48.3 Å². The minimum absolute atomic E-state index is 0.0000954. The van der Waals surface area contributed by atoms with Crippen LogP contribution in [0.25, 0.3) is 10.9 Å². The fourth-order valence-corrected chi connectivity index (χ4v) is 1.91. The lowest BCUT2D eigenvalue weighted by Gasteiger charge is -2.03. The molecular weight excluding hydrogens is 230 g/mol. The zero-order valence-electron chi connectivity index (χ0n) is 10.3. The SMILES string of the molecule is COC(=O)CCCC(=O)n1ccc2ccccc21. The van der Waals surface area contributed by atoms with Gasteiger partial charge in [0.1, 0.15) is 0 Å². The number of hydrogen-bond donors (Lipinski definition) is 0. The quantitative estimate of drug-likeness (QED) is 0.778. The van der Waals surface area contributed by atoms with Gasteiger partial charge in [-0.3, -0.25) is 14.2 Å². The Labute approximate surface area is 105 Å². The van der Waals surface area contributed by atoms with Crippen molar-refractivity contribution in [2.24, 2.45) is 0 Å². The predicted molar refractivity (Wildman–Crippen MR) is 68.4 cm³/mol. The van der Waals surface area contributed by atoms with Crippen LogP contribution < -0.4 is 0 Å². The van der Waals surface area contributed by atoms with E-state index in [9.17, 15) is 9.59 Å². The summed E-state index contributed by atoms with van der Waals surface area (Å²) in [5, 5.41) is 1.04. The molecule has 0 saturated carbocycles. The smallest absolute Gasteiger partial charge is 0.305 e. The minimum atomic E-state index is -0.278. The molecule has 94 valence electrons. The number of rotatable bonds is 4. The predicted octanol–water partition coefficient (Wildman–Crippen LogP) is 2.62. The number of ether oxygens (including phenoxy) is 1. The van der Waals surface area contributed by atoms with Crippen LogP contribution in [0.5, 0.6) is 0 Å². The van der Waals surface area contributed by atoms with Gasteiger partial charge < -0.3 is 4.74 Å². The minimum Gasteiger partial charge on any atom is -0.469 e. The van der Waals surface area contributed by atoms with Gasteiger partial charge >= 0.3 is 5.97 Å². The van der Waals surface area contributed by atoms with Gasteiger partial charge in [-0.2, -0.15) is 0 Å². The Morgan fingerprint density at radius 1 is 1.17 bits per heavy atom. The molecule has 0 spiro atoms. The largest absolute Gasteiger partial charge is 0.469 e. The molecule has 2 rings (SSSR count). The number of carbonyl (C=O) groups excluding carboxylic acids is 2. The number of esters is 1. The summed E-state index contributed by atoms with van der Waals surface area (Å²) in [6.07, 6.45) is 2.90. The monoisotopic (exact) mass is 245 g/mol. The molecule has 18 heavy (non-hydrogen) atoms. The number of fused-ring (bicyclic) bond motifs is 1. The van der Waals surface area contributed by atoms with Crippen LogP contribution in [0.4, 0.5) is 0 Å². The molecule has 4 nitrogen and oxygen atoms in total. The number of para-hydroxylation sites is 1. The highest BCUT2D eigenvalue weighted by molar-refractivity contribution is 5.92. The molecule has 1 aromatic heterocycles. The van der Waals surface area contributed by atoms with Crippen LogP contribution in [0.3, 0.4) is 0 Å². The fraction of sp³-hybridized carbons (Fsp3) is 0.286. The zero-order valence-corrected chi connectivity index (χ0v) is 10.3. The number of hydrogen-bond acceptors (Lipinski definition) is 3. The summed E-state index contributed by atoms with van der Waals surface area (Å²) in [6.45, 7) is 0. The number of benzene rings is 1. The van der Waals surface area contributed by atoms with Crippen LogP contribution in [0.2, 0.25) is 0 Å². The molecule has 0 atom stereocenters. The van der Waals surface area contributed by atoms with E-state index in [2.05, 4.69) is 4.74 Å². The van der Waals surface area contributed by atoms with Crippen molar-refractivity contribution in [1.82, 2.24) is 4.57 Å². The Morgan fingerprint density at radius 3 is 2.72 bits per heavy atom. The molecule has 0 aliphatic heterocycles. The summed E-state index contributed by atoms with van der Waals surface area (Å²) in [5.74, 6) is -0.278. The average molecular weight is 245 g/mol. The molecule has 2 aromatic rings. The Balaban J connectivity index is 2.03. The fourth-order valence-electron chi connectivity index (χ4n) is 1.91. The number of aromatic nitrogens is 1. The normalized spacial score (nSPS) is 10.5. The molecule has 0 saturated heterocycles. The maximum Gasteiger partial charge on any atom is 0.305 e. The van der Waals surface area contributed by atoms with Crippen molar-refractivity contribution in [3.63, 3.8) is 0 Å². The van der Waals surface area contributed by atoms with Gasteiger partial charge in [0.2, 0.25) is 5.91 Å². The van der Waals surface area contributed by atoms with Gasteiger partial charge in [0.25, 0.3) is 0 Å². The lowest BCUT2D eigenvalue weighted by molar-refractivity contribution is -0.140. The first-order valence-electron chi connectivity index (χ1n) is 5.88. The lowest BCUT2D eigenvalue weighted by Crippen LogP contribution is -2.10. The lowest BCUT2D eigenvalue weighted by atomic mass is 10.2. The van der Waals surface area contributed by atoms with E-state index in [-0.39, 0.29) is 18.3 Å². The van der Waals surface area contributed by atoms with Crippen molar-refractivity contribution in [2.75, 3.05) is 7.11 Å². The van der Waals surface area contributed by atoms with Crippen molar-refractivity contribution in [1.29, 1.82) is 0 Å². The number of nitrogens with zero attached hydrogens (tertiary/aromatic N) is 1.